The predicted molar refractivity (Wildman–Crippen MR) is 113 cm³/mol. The van der Waals surface area contributed by atoms with Crippen LogP contribution in [0.15, 0.2) is 23.0 Å². The second kappa shape index (κ2) is 10.4. The zero-order valence-electron chi connectivity index (χ0n) is 17.1. The van der Waals surface area contributed by atoms with E-state index in [9.17, 15) is 14.9 Å². The summed E-state index contributed by atoms with van der Waals surface area (Å²) in [5, 5.41) is 16.2. The molecule has 3 rings (SSSR count). The van der Waals surface area contributed by atoms with E-state index in [0.717, 1.165) is 38.4 Å². The first-order valence-corrected chi connectivity index (χ1v) is 10.8. The molecule has 0 radical (unpaired) electrons. The van der Waals surface area contributed by atoms with Gasteiger partial charge in [0.15, 0.2) is 11.5 Å². The van der Waals surface area contributed by atoms with Crippen molar-refractivity contribution in [2.24, 2.45) is 5.92 Å². The van der Waals surface area contributed by atoms with Gasteiger partial charge in [-0.15, -0.1) is 11.3 Å². The van der Waals surface area contributed by atoms with Crippen molar-refractivity contribution in [1.29, 1.82) is 0 Å². The third-order valence-electron chi connectivity index (χ3n) is 5.17. The highest BCUT2D eigenvalue weighted by Gasteiger charge is 2.25. The van der Waals surface area contributed by atoms with Crippen LogP contribution in [-0.2, 0) is 6.61 Å². The number of benzene rings is 1. The monoisotopic (exact) mass is 434 g/mol. The van der Waals surface area contributed by atoms with Crippen LogP contribution < -0.4 is 14.8 Å². The summed E-state index contributed by atoms with van der Waals surface area (Å²) in [6, 6.07) is 2.58. The molecule has 0 atom stereocenters. The van der Waals surface area contributed by atoms with E-state index in [4.69, 9.17) is 9.47 Å². The van der Waals surface area contributed by atoms with Gasteiger partial charge in [0.05, 0.1) is 29.3 Å². The number of carbonyl (C=O) groups excluding carboxylic acids is 1. The fourth-order valence-electron chi connectivity index (χ4n) is 3.32. The molecular formula is C20H26N4O5S. The molecule has 1 aromatic carbocycles. The molecule has 1 N–H and O–H groups in total. The first kappa shape index (κ1) is 22.0. The Bertz CT molecular complexity index is 866. The molecule has 2 aromatic rings. The van der Waals surface area contributed by atoms with Crippen LogP contribution in [0.2, 0.25) is 0 Å². The van der Waals surface area contributed by atoms with Crippen molar-refractivity contribution in [2.75, 3.05) is 33.3 Å². The number of amides is 1. The van der Waals surface area contributed by atoms with Crippen LogP contribution >= 0.6 is 11.3 Å². The van der Waals surface area contributed by atoms with Crippen molar-refractivity contribution in [3.8, 4) is 11.5 Å². The van der Waals surface area contributed by atoms with Gasteiger partial charge in [0.25, 0.3) is 11.6 Å². The maximum Gasteiger partial charge on any atom is 0.286 e. The van der Waals surface area contributed by atoms with Gasteiger partial charge < -0.3 is 19.7 Å². The molecule has 1 fully saturated rings. The first-order valence-electron chi connectivity index (χ1n) is 9.84. The molecule has 162 valence electrons. The number of nitrogens with one attached hydrogen (secondary N) is 1. The number of hydrogen-bond donors (Lipinski definition) is 1. The molecule has 9 nitrogen and oxygen atoms in total. The molecule has 1 saturated heterocycles. The van der Waals surface area contributed by atoms with Crippen molar-refractivity contribution >= 4 is 22.9 Å². The molecular weight excluding hydrogens is 408 g/mol. The van der Waals surface area contributed by atoms with Gasteiger partial charge in [-0.05, 0) is 31.8 Å². The van der Waals surface area contributed by atoms with Gasteiger partial charge in [-0.2, -0.15) is 0 Å². The average Bonchev–Trinajstić information content (AvgIpc) is 3.26. The lowest BCUT2D eigenvalue weighted by Gasteiger charge is -2.30. The van der Waals surface area contributed by atoms with Crippen LogP contribution in [-0.4, -0.2) is 54.0 Å². The first-order chi connectivity index (χ1) is 14.5. The predicted octanol–water partition coefficient (Wildman–Crippen LogP) is 3.10. The summed E-state index contributed by atoms with van der Waals surface area (Å²) >= 11 is 1.43. The molecule has 1 aliphatic heterocycles. The maximum absolute atomic E-state index is 12.6. The smallest absolute Gasteiger partial charge is 0.286 e. The Morgan fingerprint density at radius 1 is 1.37 bits per heavy atom. The SMILES string of the molecule is COc1cc(C(=O)NCCN2CCC(C)CC2)c([N+](=O)[O-])cc1OCc1cscn1. The van der Waals surface area contributed by atoms with Gasteiger partial charge in [0.2, 0.25) is 0 Å². The molecule has 0 bridgehead atoms. The van der Waals surface area contributed by atoms with Crippen LogP contribution in [0.25, 0.3) is 0 Å². The summed E-state index contributed by atoms with van der Waals surface area (Å²) in [5.74, 6) is 0.681. The minimum Gasteiger partial charge on any atom is -0.493 e. The van der Waals surface area contributed by atoms with E-state index < -0.39 is 10.8 Å². The van der Waals surface area contributed by atoms with Crippen LogP contribution in [0, 0.1) is 16.0 Å². The molecule has 1 amide bonds. The fraction of sp³-hybridized carbons (Fsp3) is 0.500. The number of hydrogen-bond acceptors (Lipinski definition) is 8. The van der Waals surface area contributed by atoms with Crippen molar-refractivity contribution in [2.45, 2.75) is 26.4 Å². The number of carbonyl (C=O) groups is 1. The van der Waals surface area contributed by atoms with Gasteiger partial charge >= 0.3 is 0 Å². The van der Waals surface area contributed by atoms with Crippen molar-refractivity contribution in [3.05, 3.63) is 44.4 Å². The minimum absolute atomic E-state index is 0.0508. The maximum atomic E-state index is 12.6. The van der Waals surface area contributed by atoms with E-state index in [2.05, 4.69) is 22.1 Å². The summed E-state index contributed by atoms with van der Waals surface area (Å²) in [7, 11) is 1.43. The van der Waals surface area contributed by atoms with Gasteiger partial charge in [0, 0.05) is 24.5 Å². The summed E-state index contributed by atoms with van der Waals surface area (Å²) in [6.45, 7) is 5.56. The lowest BCUT2D eigenvalue weighted by molar-refractivity contribution is -0.385. The van der Waals surface area contributed by atoms with E-state index in [1.54, 1.807) is 5.51 Å². The van der Waals surface area contributed by atoms with Gasteiger partial charge in [-0.25, -0.2) is 4.98 Å². The molecule has 2 heterocycles. The van der Waals surface area contributed by atoms with Crippen LogP contribution in [0.1, 0.15) is 35.8 Å². The standard InChI is InChI=1S/C20H26N4O5S/c1-14-3-6-23(7-4-14)8-5-21-20(25)16-9-18(28-2)19(10-17(16)24(26)27)29-11-15-12-30-13-22-15/h9-10,12-14H,3-8,11H2,1-2H3,(H,21,25). The highest BCUT2D eigenvalue weighted by Crippen LogP contribution is 2.35. The Labute approximate surface area is 179 Å². The molecule has 0 aliphatic carbocycles. The van der Waals surface area contributed by atoms with Crippen LogP contribution in [0.3, 0.4) is 0 Å². The normalized spacial score (nSPS) is 15.0. The minimum atomic E-state index is -0.587. The summed E-state index contributed by atoms with van der Waals surface area (Å²) in [5.41, 5.74) is 2.01. The van der Waals surface area contributed by atoms with Crippen molar-refractivity contribution < 1.29 is 19.2 Å². The number of aromatic nitrogens is 1. The number of rotatable bonds is 9. The molecule has 30 heavy (non-hydrogen) atoms. The second-order valence-corrected chi connectivity index (χ2v) is 8.04. The van der Waals surface area contributed by atoms with Gasteiger partial charge in [-0.3, -0.25) is 14.9 Å². The quantitative estimate of drug-likeness (QED) is 0.477. The molecule has 1 aliphatic rings. The highest BCUT2D eigenvalue weighted by molar-refractivity contribution is 7.07. The zero-order chi connectivity index (χ0) is 21.5. The van der Waals surface area contributed by atoms with Crippen LogP contribution in [0.5, 0.6) is 11.5 Å². The Morgan fingerprint density at radius 2 is 2.13 bits per heavy atom. The van der Waals surface area contributed by atoms with E-state index in [0.29, 0.717) is 12.2 Å². The number of piperidine rings is 1. The second-order valence-electron chi connectivity index (χ2n) is 7.33. The summed E-state index contributed by atoms with van der Waals surface area (Å²) in [6.07, 6.45) is 2.30. The van der Waals surface area contributed by atoms with E-state index >= 15 is 0 Å². The van der Waals surface area contributed by atoms with Gasteiger partial charge in [0.1, 0.15) is 12.2 Å². The number of ether oxygens (including phenoxy) is 2. The van der Waals surface area contributed by atoms with E-state index in [-0.39, 0.29) is 29.4 Å². The fourth-order valence-corrected chi connectivity index (χ4v) is 3.87. The van der Waals surface area contributed by atoms with E-state index in [1.807, 2.05) is 5.38 Å². The largest absolute Gasteiger partial charge is 0.493 e. The third-order valence-corrected chi connectivity index (χ3v) is 5.81. The van der Waals surface area contributed by atoms with Crippen molar-refractivity contribution in [1.82, 2.24) is 15.2 Å². The van der Waals surface area contributed by atoms with Gasteiger partial charge in [-0.1, -0.05) is 6.92 Å². The average molecular weight is 435 g/mol. The lowest BCUT2D eigenvalue weighted by Crippen LogP contribution is -2.39. The number of nitro groups is 1. The summed E-state index contributed by atoms with van der Waals surface area (Å²) in [4.78, 5) is 30.0. The number of thiazole rings is 1. The Morgan fingerprint density at radius 3 is 2.77 bits per heavy atom. The molecule has 0 spiro atoms. The Hall–Kier alpha value is -2.72. The van der Waals surface area contributed by atoms with E-state index in [1.165, 1.54) is 30.6 Å². The topological polar surface area (TPSA) is 107 Å². The number of likely N-dealkylation sites (tertiary alicyclic amines) is 1. The molecule has 10 heteroatoms. The molecule has 0 saturated carbocycles. The number of nitrogens with zero attached hydrogens (tertiary/aromatic N) is 3. The Kier molecular flexibility index (Phi) is 7.58. The Balaban J connectivity index is 1.67. The number of nitro benzene ring substituents is 1. The van der Waals surface area contributed by atoms with Crippen LogP contribution in [0.4, 0.5) is 5.69 Å². The molecule has 0 unspecified atom stereocenters. The lowest BCUT2D eigenvalue weighted by atomic mass is 9.99. The number of methoxy groups -OCH3 is 1. The van der Waals surface area contributed by atoms with Crippen molar-refractivity contribution in [3.63, 3.8) is 0 Å². The summed E-state index contributed by atoms with van der Waals surface area (Å²) < 4.78 is 10.9. The third kappa shape index (κ3) is 5.67. The molecule has 1 aromatic heterocycles. The highest BCUT2D eigenvalue weighted by atomic mass is 32.1. The zero-order valence-corrected chi connectivity index (χ0v) is 17.9.